The van der Waals surface area contributed by atoms with Gasteiger partial charge in [-0.15, -0.1) is 0 Å². The summed E-state index contributed by atoms with van der Waals surface area (Å²) in [4.78, 5) is 13.2. The van der Waals surface area contributed by atoms with Crippen molar-refractivity contribution in [2.24, 2.45) is 0 Å². The number of nitrogens with one attached hydrogen (secondary N) is 1. The van der Waals surface area contributed by atoms with Crippen molar-refractivity contribution in [3.05, 3.63) is 36.5 Å². The van der Waals surface area contributed by atoms with E-state index in [0.717, 1.165) is 51.4 Å². The van der Waals surface area contributed by atoms with Crippen LogP contribution in [0.2, 0.25) is 0 Å². The Morgan fingerprint density at radius 3 is 1.55 bits per heavy atom. The summed E-state index contributed by atoms with van der Waals surface area (Å²) in [5.74, 6) is -0.246. The van der Waals surface area contributed by atoms with Gasteiger partial charge < -0.3 is 65.1 Å². The topological polar surface area (TPSA) is 228 Å². The minimum atomic E-state index is -1.79. The number of unbranched alkanes of at least 4 members (excludes halogenated alkanes) is 23. The molecule has 2 rings (SSSR count). The number of hydrogen-bond donors (Lipinski definition) is 9. The van der Waals surface area contributed by atoms with Crippen LogP contribution in [0, 0.1) is 0 Å². The maximum atomic E-state index is 13.2. The minimum Gasteiger partial charge on any atom is -0.394 e. The summed E-state index contributed by atoms with van der Waals surface area (Å²) >= 11 is 0. The van der Waals surface area contributed by atoms with Gasteiger partial charge in [0, 0.05) is 6.42 Å². The van der Waals surface area contributed by atoms with Crippen molar-refractivity contribution in [2.45, 2.75) is 267 Å². The molecule has 2 fully saturated rings. The standard InChI is InChI=1S/C52H95NO13/c1-3-5-7-9-11-13-15-17-18-19-20-21-22-24-26-28-30-32-34-36-44(57)53-40(41(56)35-33-31-29-27-25-23-16-14-12-10-8-6-4-2)39-63-51-49(62)47(60)50(43(38-55)65-51)66-52-48(61)46(59)45(58)42(37-54)64-52/h11,13,17-18,33,35,40-43,45-52,54-56,58-62H,3-10,12,14-16,19-32,34,36-39H2,1-2H3,(H,53,57)/b13-11-,18-17-,35-33+. The van der Waals surface area contributed by atoms with Crippen molar-refractivity contribution in [3.63, 3.8) is 0 Å². The maximum absolute atomic E-state index is 13.2. The predicted molar refractivity (Wildman–Crippen MR) is 258 cm³/mol. The van der Waals surface area contributed by atoms with Gasteiger partial charge in [-0.3, -0.25) is 4.79 Å². The van der Waals surface area contributed by atoms with Gasteiger partial charge in [0.05, 0.1) is 32.0 Å². The molecule has 0 aliphatic carbocycles. The van der Waals surface area contributed by atoms with Crippen molar-refractivity contribution < 1.29 is 64.6 Å². The van der Waals surface area contributed by atoms with Crippen LogP contribution in [0.25, 0.3) is 0 Å². The van der Waals surface area contributed by atoms with E-state index in [4.69, 9.17) is 18.9 Å². The normalized spacial score (nSPS) is 27.1. The summed E-state index contributed by atoms with van der Waals surface area (Å²) in [6, 6.07) is -0.915. The fourth-order valence-electron chi connectivity index (χ4n) is 8.50. The third-order valence-corrected chi connectivity index (χ3v) is 12.8. The molecule has 0 aromatic carbocycles. The quantitative estimate of drug-likeness (QED) is 0.0221. The zero-order chi connectivity index (χ0) is 48.2. The molecule has 2 aliphatic rings. The molecule has 0 aromatic heterocycles. The van der Waals surface area contributed by atoms with E-state index in [1.807, 2.05) is 6.08 Å². The van der Waals surface area contributed by atoms with Crippen LogP contribution in [-0.4, -0.2) is 140 Å². The second-order valence-corrected chi connectivity index (χ2v) is 18.6. The highest BCUT2D eigenvalue weighted by Crippen LogP contribution is 2.30. The van der Waals surface area contributed by atoms with Gasteiger partial charge in [-0.1, -0.05) is 172 Å². The lowest BCUT2D eigenvalue weighted by Crippen LogP contribution is -2.65. The number of aliphatic hydroxyl groups excluding tert-OH is 8. The van der Waals surface area contributed by atoms with Crippen LogP contribution in [0.5, 0.6) is 0 Å². The first kappa shape index (κ1) is 60.3. The number of allylic oxidation sites excluding steroid dienone is 5. The molecular weight excluding hydrogens is 847 g/mol. The highest BCUT2D eigenvalue weighted by atomic mass is 16.7. The lowest BCUT2D eigenvalue weighted by molar-refractivity contribution is -0.359. The second-order valence-electron chi connectivity index (χ2n) is 18.6. The molecule has 9 N–H and O–H groups in total. The fourth-order valence-corrected chi connectivity index (χ4v) is 8.50. The SMILES string of the molecule is CCCCC/C=C\C/C=C\CCCCCCCCCCCC(=O)NC(COC1OC(CO)C(OC2OC(CO)C(O)C(O)C2O)C(O)C1O)C(O)/C=C/CCCCCCCCCCCCC. The van der Waals surface area contributed by atoms with Gasteiger partial charge in [0.25, 0.3) is 0 Å². The lowest BCUT2D eigenvalue weighted by Gasteiger charge is -2.46. The van der Waals surface area contributed by atoms with Crippen LogP contribution < -0.4 is 5.32 Å². The van der Waals surface area contributed by atoms with Crippen molar-refractivity contribution in [2.75, 3.05) is 19.8 Å². The molecule has 2 heterocycles. The highest BCUT2D eigenvalue weighted by molar-refractivity contribution is 5.76. The van der Waals surface area contributed by atoms with Crippen LogP contribution in [0.3, 0.4) is 0 Å². The number of ether oxygens (including phenoxy) is 4. The van der Waals surface area contributed by atoms with E-state index in [1.165, 1.54) is 116 Å². The summed E-state index contributed by atoms with van der Waals surface area (Å²) in [6.45, 7) is 2.75. The first-order chi connectivity index (χ1) is 32.1. The van der Waals surface area contributed by atoms with Gasteiger partial charge in [-0.2, -0.15) is 0 Å². The van der Waals surface area contributed by atoms with E-state index in [-0.39, 0.29) is 18.9 Å². The third kappa shape index (κ3) is 25.7. The molecule has 2 saturated heterocycles. The van der Waals surface area contributed by atoms with E-state index in [1.54, 1.807) is 6.08 Å². The average molecular weight is 942 g/mol. The molecule has 386 valence electrons. The Balaban J connectivity index is 1.82. The van der Waals surface area contributed by atoms with Crippen LogP contribution >= 0.6 is 0 Å². The molecule has 14 nitrogen and oxygen atoms in total. The fraction of sp³-hybridized carbons (Fsp3) is 0.865. The number of carbonyl (C=O) groups excluding carboxylic acids is 1. The summed E-state index contributed by atoms with van der Waals surface area (Å²) in [7, 11) is 0. The molecule has 0 aromatic rings. The summed E-state index contributed by atoms with van der Waals surface area (Å²) in [6.07, 6.45) is 27.5. The second kappa shape index (κ2) is 39.0. The van der Waals surface area contributed by atoms with Crippen molar-refractivity contribution >= 4 is 5.91 Å². The Morgan fingerprint density at radius 2 is 1.00 bits per heavy atom. The van der Waals surface area contributed by atoms with E-state index in [9.17, 15) is 45.6 Å². The molecule has 0 saturated carbocycles. The van der Waals surface area contributed by atoms with Crippen LogP contribution in [-0.2, 0) is 23.7 Å². The first-order valence-electron chi connectivity index (χ1n) is 26.2. The molecule has 2 aliphatic heterocycles. The molecule has 12 atom stereocenters. The molecule has 14 heteroatoms. The van der Waals surface area contributed by atoms with Gasteiger partial charge in [0.2, 0.25) is 5.91 Å². The van der Waals surface area contributed by atoms with Crippen LogP contribution in [0.15, 0.2) is 36.5 Å². The first-order valence-corrected chi connectivity index (χ1v) is 26.2. The van der Waals surface area contributed by atoms with Gasteiger partial charge in [0.15, 0.2) is 12.6 Å². The zero-order valence-corrected chi connectivity index (χ0v) is 40.9. The van der Waals surface area contributed by atoms with Gasteiger partial charge in [-0.25, -0.2) is 0 Å². The van der Waals surface area contributed by atoms with Gasteiger partial charge >= 0.3 is 0 Å². The van der Waals surface area contributed by atoms with Crippen LogP contribution in [0.4, 0.5) is 0 Å². The summed E-state index contributed by atoms with van der Waals surface area (Å²) < 4.78 is 22.7. The number of aliphatic hydroxyl groups is 8. The van der Waals surface area contributed by atoms with Crippen molar-refractivity contribution in [1.29, 1.82) is 0 Å². The van der Waals surface area contributed by atoms with E-state index in [0.29, 0.717) is 6.42 Å². The number of carbonyl (C=O) groups is 1. The number of rotatable bonds is 40. The average Bonchev–Trinajstić information content (AvgIpc) is 3.31. The van der Waals surface area contributed by atoms with Crippen molar-refractivity contribution in [3.8, 4) is 0 Å². The molecule has 12 unspecified atom stereocenters. The Kier molecular flexibility index (Phi) is 35.6. The highest BCUT2D eigenvalue weighted by Gasteiger charge is 2.51. The smallest absolute Gasteiger partial charge is 0.220 e. The lowest BCUT2D eigenvalue weighted by atomic mass is 9.97. The largest absolute Gasteiger partial charge is 0.394 e. The zero-order valence-electron chi connectivity index (χ0n) is 40.9. The Bertz CT molecular complexity index is 1250. The van der Waals surface area contributed by atoms with E-state index < -0.39 is 86.8 Å². The van der Waals surface area contributed by atoms with Crippen LogP contribution in [0.1, 0.15) is 194 Å². The summed E-state index contributed by atoms with van der Waals surface area (Å²) in [5, 5.41) is 86.7. The Hall–Kier alpha value is -1.79. The molecule has 0 radical (unpaired) electrons. The Labute approximate surface area is 398 Å². The molecule has 0 bridgehead atoms. The number of hydrogen-bond acceptors (Lipinski definition) is 13. The van der Waals surface area contributed by atoms with E-state index in [2.05, 4.69) is 43.5 Å². The van der Waals surface area contributed by atoms with Gasteiger partial charge in [0.1, 0.15) is 48.8 Å². The molecular formula is C52H95NO13. The monoisotopic (exact) mass is 942 g/mol. The molecule has 1 amide bonds. The number of amides is 1. The van der Waals surface area contributed by atoms with Crippen molar-refractivity contribution in [1.82, 2.24) is 5.32 Å². The molecule has 66 heavy (non-hydrogen) atoms. The minimum absolute atomic E-state index is 0.246. The molecule has 0 spiro atoms. The summed E-state index contributed by atoms with van der Waals surface area (Å²) in [5.41, 5.74) is 0. The van der Waals surface area contributed by atoms with E-state index >= 15 is 0 Å². The van der Waals surface area contributed by atoms with Gasteiger partial charge in [-0.05, 0) is 51.4 Å². The third-order valence-electron chi connectivity index (χ3n) is 12.8. The predicted octanol–water partition coefficient (Wildman–Crippen LogP) is 7.10. The maximum Gasteiger partial charge on any atom is 0.220 e. The Morgan fingerprint density at radius 1 is 0.545 bits per heavy atom.